The molecule has 0 aliphatic carbocycles. The predicted molar refractivity (Wildman–Crippen MR) is 99.9 cm³/mol. The van der Waals surface area contributed by atoms with Gasteiger partial charge in [-0.25, -0.2) is 18.4 Å². The van der Waals surface area contributed by atoms with Crippen molar-refractivity contribution in [2.45, 2.75) is 24.3 Å². The van der Waals surface area contributed by atoms with E-state index in [1.807, 2.05) is 35.0 Å². The van der Waals surface area contributed by atoms with Crippen molar-refractivity contribution in [2.24, 2.45) is 0 Å². The van der Waals surface area contributed by atoms with E-state index in [0.717, 1.165) is 12.0 Å². The van der Waals surface area contributed by atoms with Crippen molar-refractivity contribution in [1.82, 2.24) is 14.5 Å². The molecule has 4 rings (SSSR count). The summed E-state index contributed by atoms with van der Waals surface area (Å²) in [4.78, 5) is 8.24. The van der Waals surface area contributed by atoms with Crippen LogP contribution in [-0.2, 0) is 16.4 Å². The number of imidazole rings is 1. The number of sulfonamides is 1. The Morgan fingerprint density at radius 1 is 1.27 bits per heavy atom. The monoisotopic (exact) mass is 388 g/mol. The number of nitrogens with zero attached hydrogens (tertiary/aromatic N) is 4. The Morgan fingerprint density at radius 2 is 2.08 bits per heavy atom. The zero-order chi connectivity index (χ0) is 18.3. The molecule has 8 heteroatoms. The molecule has 0 radical (unpaired) electrons. The van der Waals surface area contributed by atoms with Gasteiger partial charge in [-0.1, -0.05) is 29.8 Å². The van der Waals surface area contributed by atoms with Crippen LogP contribution in [0.2, 0.25) is 5.15 Å². The van der Waals surface area contributed by atoms with E-state index in [9.17, 15) is 8.42 Å². The molecule has 0 unspecified atom stereocenters. The van der Waals surface area contributed by atoms with Gasteiger partial charge in [0.05, 0.1) is 24.6 Å². The number of hydrogen-bond acceptors (Lipinski definition) is 4. The Hall–Kier alpha value is -2.38. The molecule has 0 N–H and O–H groups in total. The predicted octanol–water partition coefficient (Wildman–Crippen LogP) is 3.23. The van der Waals surface area contributed by atoms with Gasteiger partial charge in [-0.15, -0.1) is 0 Å². The van der Waals surface area contributed by atoms with Crippen molar-refractivity contribution in [3.8, 4) is 0 Å². The number of benzene rings is 1. The third-order valence-electron chi connectivity index (χ3n) is 4.62. The average Bonchev–Trinajstić information content (AvgIpc) is 3.17. The third kappa shape index (κ3) is 2.87. The summed E-state index contributed by atoms with van der Waals surface area (Å²) < 4.78 is 30.1. The van der Waals surface area contributed by atoms with E-state index in [1.165, 1.54) is 10.5 Å². The molecule has 0 fully saturated rings. The highest BCUT2D eigenvalue weighted by Crippen LogP contribution is 2.35. The van der Waals surface area contributed by atoms with E-state index in [0.29, 0.717) is 22.9 Å². The fourth-order valence-corrected chi connectivity index (χ4v) is 4.92. The molecule has 0 spiro atoms. The lowest BCUT2D eigenvalue weighted by Crippen LogP contribution is -2.40. The van der Waals surface area contributed by atoms with Crippen molar-refractivity contribution in [2.75, 3.05) is 10.8 Å². The SMILES string of the molecule is Cc1cc(S(=O)(=O)N2C[C@@H](n3ccnc3)Cc3ccccc32)cnc1Cl. The Bertz CT molecular complexity index is 1050. The minimum absolute atomic E-state index is 0.0245. The minimum atomic E-state index is -3.76. The molecule has 1 aliphatic heterocycles. The van der Waals surface area contributed by atoms with E-state index in [4.69, 9.17) is 11.6 Å². The number of aryl methyl sites for hydroxylation is 1. The van der Waals surface area contributed by atoms with E-state index in [1.54, 1.807) is 25.5 Å². The van der Waals surface area contributed by atoms with Crippen molar-refractivity contribution in [1.29, 1.82) is 0 Å². The molecular weight excluding hydrogens is 372 g/mol. The maximum absolute atomic E-state index is 13.3. The second-order valence-electron chi connectivity index (χ2n) is 6.31. The number of fused-ring (bicyclic) bond motifs is 1. The molecule has 1 aromatic carbocycles. The molecule has 1 atom stereocenters. The molecule has 6 nitrogen and oxygen atoms in total. The van der Waals surface area contributed by atoms with Crippen molar-refractivity contribution in [3.63, 3.8) is 0 Å². The van der Waals surface area contributed by atoms with Crippen LogP contribution < -0.4 is 4.31 Å². The molecule has 0 bridgehead atoms. The first-order chi connectivity index (χ1) is 12.5. The second kappa shape index (κ2) is 6.41. The fraction of sp³-hybridized carbons (Fsp3) is 0.222. The van der Waals surface area contributed by atoms with Crippen LogP contribution in [0.25, 0.3) is 0 Å². The Kier molecular flexibility index (Phi) is 4.20. The molecule has 0 saturated heterocycles. The van der Waals surface area contributed by atoms with Crippen LogP contribution in [0.15, 0.2) is 60.1 Å². The smallest absolute Gasteiger partial charge is 0.265 e. The fourth-order valence-electron chi connectivity index (χ4n) is 3.25. The highest BCUT2D eigenvalue weighted by Gasteiger charge is 2.34. The number of aromatic nitrogens is 3. The van der Waals surface area contributed by atoms with Crippen LogP contribution in [-0.4, -0.2) is 29.5 Å². The standard InChI is InChI=1S/C18H17ClN4O2S/c1-13-8-16(10-21-18(13)19)26(24,25)23-11-15(22-7-6-20-12-22)9-14-4-2-3-5-17(14)23/h2-8,10,12,15H,9,11H2,1H3/t15-/m0/s1. The summed E-state index contributed by atoms with van der Waals surface area (Å²) in [5, 5.41) is 0.305. The number of para-hydroxylation sites is 1. The second-order valence-corrected chi connectivity index (χ2v) is 8.53. The number of hydrogen-bond donors (Lipinski definition) is 0. The Morgan fingerprint density at radius 3 is 2.81 bits per heavy atom. The number of halogens is 1. The van der Waals surface area contributed by atoms with Crippen LogP contribution in [0.3, 0.4) is 0 Å². The van der Waals surface area contributed by atoms with Gasteiger partial charge in [-0.2, -0.15) is 0 Å². The first-order valence-corrected chi connectivity index (χ1v) is 9.99. The zero-order valence-corrected chi connectivity index (χ0v) is 15.7. The lowest BCUT2D eigenvalue weighted by atomic mass is 10.00. The van der Waals surface area contributed by atoms with Gasteiger partial charge in [-0.05, 0) is 36.6 Å². The summed E-state index contributed by atoms with van der Waals surface area (Å²) in [5.74, 6) is 0. The van der Waals surface area contributed by atoms with Gasteiger partial charge >= 0.3 is 0 Å². The Balaban J connectivity index is 1.81. The van der Waals surface area contributed by atoms with Crippen molar-refractivity contribution >= 4 is 27.3 Å². The van der Waals surface area contributed by atoms with Crippen LogP contribution in [0.4, 0.5) is 5.69 Å². The molecule has 3 aromatic rings. The number of pyridine rings is 1. The summed E-state index contributed by atoms with van der Waals surface area (Å²) >= 11 is 5.96. The van der Waals surface area contributed by atoms with Crippen molar-refractivity contribution < 1.29 is 8.42 Å². The molecule has 0 amide bonds. The van der Waals surface area contributed by atoms with E-state index in [2.05, 4.69) is 9.97 Å². The highest BCUT2D eigenvalue weighted by atomic mass is 35.5. The lowest BCUT2D eigenvalue weighted by Gasteiger charge is -2.35. The van der Waals surface area contributed by atoms with Crippen LogP contribution >= 0.6 is 11.6 Å². The Labute approximate surface area is 157 Å². The van der Waals surface area contributed by atoms with Gasteiger partial charge in [0.1, 0.15) is 10.0 Å². The van der Waals surface area contributed by atoms with Crippen LogP contribution in [0.1, 0.15) is 17.2 Å². The van der Waals surface area contributed by atoms with Gasteiger partial charge in [-0.3, -0.25) is 4.31 Å². The van der Waals surface area contributed by atoms with Crippen LogP contribution in [0.5, 0.6) is 0 Å². The number of anilines is 1. The molecular formula is C18H17ClN4O2S. The zero-order valence-electron chi connectivity index (χ0n) is 14.1. The largest absolute Gasteiger partial charge is 0.332 e. The summed E-state index contributed by atoms with van der Waals surface area (Å²) in [6.45, 7) is 2.07. The first kappa shape index (κ1) is 17.1. The first-order valence-electron chi connectivity index (χ1n) is 8.17. The van der Waals surface area contributed by atoms with Gasteiger partial charge in [0.2, 0.25) is 0 Å². The van der Waals surface area contributed by atoms with E-state index in [-0.39, 0.29) is 10.9 Å². The van der Waals surface area contributed by atoms with Gasteiger partial charge in [0, 0.05) is 18.6 Å². The minimum Gasteiger partial charge on any atom is -0.332 e. The number of rotatable bonds is 3. The summed E-state index contributed by atoms with van der Waals surface area (Å²) in [5.41, 5.74) is 2.32. The quantitative estimate of drug-likeness (QED) is 0.646. The third-order valence-corrected chi connectivity index (χ3v) is 6.76. The van der Waals surface area contributed by atoms with Gasteiger partial charge in [0.15, 0.2) is 0 Å². The van der Waals surface area contributed by atoms with Crippen molar-refractivity contribution in [3.05, 3.63) is 71.5 Å². The normalized spacial score (nSPS) is 17.2. The molecule has 134 valence electrons. The highest BCUT2D eigenvalue weighted by molar-refractivity contribution is 7.92. The summed E-state index contributed by atoms with van der Waals surface area (Å²) in [6.07, 6.45) is 7.34. The molecule has 0 saturated carbocycles. The van der Waals surface area contributed by atoms with E-state index < -0.39 is 10.0 Å². The van der Waals surface area contributed by atoms with Crippen LogP contribution in [0, 0.1) is 6.92 Å². The van der Waals surface area contributed by atoms with E-state index >= 15 is 0 Å². The summed E-state index contributed by atoms with van der Waals surface area (Å²) in [7, 11) is -3.76. The lowest BCUT2D eigenvalue weighted by molar-refractivity contribution is 0.487. The topological polar surface area (TPSA) is 68.1 Å². The molecule has 3 heterocycles. The maximum atomic E-state index is 13.3. The summed E-state index contributed by atoms with van der Waals surface area (Å²) in [6, 6.07) is 9.12. The average molecular weight is 389 g/mol. The molecule has 2 aromatic heterocycles. The molecule has 26 heavy (non-hydrogen) atoms. The maximum Gasteiger partial charge on any atom is 0.265 e. The molecule has 1 aliphatic rings. The van der Waals surface area contributed by atoms with Gasteiger partial charge < -0.3 is 4.57 Å². The van der Waals surface area contributed by atoms with Gasteiger partial charge in [0.25, 0.3) is 10.0 Å².